The van der Waals surface area contributed by atoms with Crippen molar-refractivity contribution in [2.24, 2.45) is 5.10 Å². The van der Waals surface area contributed by atoms with Crippen molar-refractivity contribution in [1.29, 1.82) is 0 Å². The Morgan fingerprint density at radius 3 is 2.69 bits per heavy atom. The van der Waals surface area contributed by atoms with E-state index in [-0.39, 0.29) is 5.69 Å². The SMILES string of the molecule is O=C(N/N=C/c1ccc(-c2ccccc2[N+](=O)[O-])o1)c1sc2ccccc2c1Cl. The first-order valence-electron chi connectivity index (χ1n) is 8.38. The largest absolute Gasteiger partial charge is 0.455 e. The summed E-state index contributed by atoms with van der Waals surface area (Å²) in [6, 6.07) is 17.0. The van der Waals surface area contributed by atoms with Crippen LogP contribution in [0.3, 0.4) is 0 Å². The van der Waals surface area contributed by atoms with E-state index in [1.165, 1.54) is 23.6 Å². The maximum Gasteiger partial charge on any atom is 0.283 e. The Morgan fingerprint density at radius 2 is 1.90 bits per heavy atom. The summed E-state index contributed by atoms with van der Waals surface area (Å²) in [4.78, 5) is 23.4. The topological polar surface area (TPSA) is 97.7 Å². The number of rotatable bonds is 5. The number of halogens is 1. The number of hydrogen-bond donors (Lipinski definition) is 1. The standard InChI is InChI=1S/C20H12ClN3O4S/c21-18-14-6-2-4-8-17(14)29-19(18)20(25)23-22-11-12-9-10-16(28-12)13-5-1-3-7-15(13)24(26)27/h1-11H,(H,23,25)/b22-11+. The Hall–Kier alpha value is -3.49. The summed E-state index contributed by atoms with van der Waals surface area (Å²) >= 11 is 7.56. The van der Waals surface area contributed by atoms with Crippen LogP contribution in [0.1, 0.15) is 15.4 Å². The van der Waals surface area contributed by atoms with E-state index in [9.17, 15) is 14.9 Å². The highest BCUT2D eigenvalue weighted by molar-refractivity contribution is 7.21. The molecule has 0 unspecified atom stereocenters. The molecule has 0 aliphatic carbocycles. The predicted octanol–water partition coefficient (Wildman–Crippen LogP) is 5.49. The lowest BCUT2D eigenvalue weighted by Gasteiger charge is -1.98. The van der Waals surface area contributed by atoms with Gasteiger partial charge in [-0.25, -0.2) is 5.43 Å². The van der Waals surface area contributed by atoms with E-state index in [2.05, 4.69) is 10.5 Å². The lowest BCUT2D eigenvalue weighted by molar-refractivity contribution is -0.384. The number of benzene rings is 2. The molecule has 1 N–H and O–H groups in total. The summed E-state index contributed by atoms with van der Waals surface area (Å²) in [5.74, 6) is 0.233. The van der Waals surface area contributed by atoms with Gasteiger partial charge in [-0.1, -0.05) is 41.9 Å². The molecule has 0 aliphatic heterocycles. The van der Waals surface area contributed by atoms with E-state index < -0.39 is 10.8 Å². The second-order valence-electron chi connectivity index (χ2n) is 5.92. The third-order valence-electron chi connectivity index (χ3n) is 4.09. The van der Waals surface area contributed by atoms with Crippen LogP contribution in [0.25, 0.3) is 21.4 Å². The number of carbonyl (C=O) groups is 1. The van der Waals surface area contributed by atoms with Gasteiger partial charge in [-0.3, -0.25) is 14.9 Å². The highest BCUT2D eigenvalue weighted by atomic mass is 35.5. The van der Waals surface area contributed by atoms with Crippen molar-refractivity contribution in [3.05, 3.63) is 86.4 Å². The summed E-state index contributed by atoms with van der Waals surface area (Å²) in [5, 5.41) is 16.2. The summed E-state index contributed by atoms with van der Waals surface area (Å²) < 4.78 is 6.50. The van der Waals surface area contributed by atoms with Gasteiger partial charge in [0.05, 0.1) is 21.7 Å². The Kier molecular flexibility index (Phi) is 5.11. The monoisotopic (exact) mass is 425 g/mol. The Bertz CT molecular complexity index is 1260. The average Bonchev–Trinajstić information content (AvgIpc) is 3.33. The minimum atomic E-state index is -0.472. The van der Waals surface area contributed by atoms with Crippen molar-refractivity contribution < 1.29 is 14.1 Å². The van der Waals surface area contributed by atoms with Crippen molar-refractivity contribution >= 4 is 50.8 Å². The Morgan fingerprint density at radius 1 is 1.14 bits per heavy atom. The number of nitro groups is 1. The van der Waals surface area contributed by atoms with Gasteiger partial charge < -0.3 is 4.42 Å². The zero-order chi connectivity index (χ0) is 20.4. The van der Waals surface area contributed by atoms with Crippen molar-refractivity contribution in [3.63, 3.8) is 0 Å². The molecule has 0 atom stereocenters. The molecule has 0 fully saturated rings. The molecule has 0 spiro atoms. The van der Waals surface area contributed by atoms with Crippen LogP contribution in [-0.2, 0) is 0 Å². The molecule has 4 aromatic rings. The lowest BCUT2D eigenvalue weighted by Crippen LogP contribution is -2.16. The van der Waals surface area contributed by atoms with Gasteiger partial charge in [0.15, 0.2) is 0 Å². The summed E-state index contributed by atoms with van der Waals surface area (Å²) in [7, 11) is 0. The molecule has 0 saturated carbocycles. The minimum Gasteiger partial charge on any atom is -0.455 e. The zero-order valence-corrected chi connectivity index (χ0v) is 16.2. The highest BCUT2D eigenvalue weighted by Crippen LogP contribution is 2.35. The smallest absolute Gasteiger partial charge is 0.283 e. The predicted molar refractivity (Wildman–Crippen MR) is 113 cm³/mol. The van der Waals surface area contributed by atoms with Gasteiger partial charge in [0.2, 0.25) is 0 Å². The van der Waals surface area contributed by atoms with Crippen LogP contribution in [0.2, 0.25) is 5.02 Å². The maximum atomic E-state index is 12.4. The fourth-order valence-corrected chi connectivity index (χ4v) is 4.18. The van der Waals surface area contributed by atoms with Gasteiger partial charge in [0, 0.05) is 16.2 Å². The molecule has 0 radical (unpaired) electrons. The second kappa shape index (κ2) is 7.86. The second-order valence-corrected chi connectivity index (χ2v) is 7.35. The number of hydrazone groups is 1. The number of nitrogens with one attached hydrogen (secondary N) is 1. The van der Waals surface area contributed by atoms with Crippen LogP contribution in [0.4, 0.5) is 5.69 Å². The van der Waals surface area contributed by atoms with Crippen LogP contribution in [0.5, 0.6) is 0 Å². The first-order valence-corrected chi connectivity index (χ1v) is 9.58. The fourth-order valence-electron chi connectivity index (χ4n) is 2.77. The third-order valence-corrected chi connectivity index (χ3v) is 5.77. The fraction of sp³-hybridized carbons (Fsp3) is 0. The van der Waals surface area contributed by atoms with Gasteiger partial charge in [-0.15, -0.1) is 11.3 Å². The van der Waals surface area contributed by atoms with Crippen LogP contribution >= 0.6 is 22.9 Å². The lowest BCUT2D eigenvalue weighted by atomic mass is 10.1. The van der Waals surface area contributed by atoms with Gasteiger partial charge in [0.1, 0.15) is 16.4 Å². The van der Waals surface area contributed by atoms with Crippen LogP contribution in [-0.4, -0.2) is 17.0 Å². The zero-order valence-electron chi connectivity index (χ0n) is 14.7. The number of carbonyl (C=O) groups excluding carboxylic acids is 1. The van der Waals surface area contributed by atoms with Gasteiger partial charge in [0.25, 0.3) is 11.6 Å². The Labute approximate surface area is 173 Å². The normalized spacial score (nSPS) is 11.2. The van der Waals surface area contributed by atoms with Crippen molar-refractivity contribution in [2.45, 2.75) is 0 Å². The van der Waals surface area contributed by atoms with Gasteiger partial charge in [-0.05, 0) is 24.3 Å². The van der Waals surface area contributed by atoms with Crippen LogP contribution in [0.15, 0.2) is 70.2 Å². The average molecular weight is 426 g/mol. The van der Waals surface area contributed by atoms with E-state index in [0.717, 1.165) is 10.1 Å². The van der Waals surface area contributed by atoms with Crippen molar-refractivity contribution in [2.75, 3.05) is 0 Å². The van der Waals surface area contributed by atoms with E-state index in [1.807, 2.05) is 24.3 Å². The number of furan rings is 1. The van der Waals surface area contributed by atoms with Gasteiger partial charge >= 0.3 is 0 Å². The van der Waals surface area contributed by atoms with Crippen LogP contribution < -0.4 is 5.43 Å². The molecular formula is C20H12ClN3O4S. The number of fused-ring (bicyclic) bond motifs is 1. The van der Waals surface area contributed by atoms with Gasteiger partial charge in [-0.2, -0.15) is 5.10 Å². The van der Waals surface area contributed by atoms with Crippen LogP contribution in [0, 0.1) is 10.1 Å². The number of para-hydroxylation sites is 1. The van der Waals surface area contributed by atoms with E-state index in [0.29, 0.717) is 27.0 Å². The summed E-state index contributed by atoms with van der Waals surface area (Å²) in [5.41, 5.74) is 2.72. The molecular weight excluding hydrogens is 414 g/mol. The molecule has 4 rings (SSSR count). The van der Waals surface area contributed by atoms with Crippen molar-refractivity contribution in [3.8, 4) is 11.3 Å². The molecule has 7 nitrogen and oxygen atoms in total. The molecule has 0 aliphatic rings. The summed E-state index contributed by atoms with van der Waals surface area (Å²) in [6.07, 6.45) is 1.32. The quantitative estimate of drug-likeness (QED) is 0.260. The van der Waals surface area contributed by atoms with E-state index >= 15 is 0 Å². The summed E-state index contributed by atoms with van der Waals surface area (Å²) in [6.45, 7) is 0. The molecule has 2 aromatic carbocycles. The maximum absolute atomic E-state index is 12.4. The van der Waals surface area contributed by atoms with Crippen molar-refractivity contribution in [1.82, 2.24) is 5.43 Å². The molecule has 29 heavy (non-hydrogen) atoms. The molecule has 9 heteroatoms. The number of nitro benzene ring substituents is 1. The van der Waals surface area contributed by atoms with E-state index in [1.54, 1.807) is 30.3 Å². The number of hydrogen-bond acceptors (Lipinski definition) is 6. The van der Waals surface area contributed by atoms with E-state index in [4.69, 9.17) is 16.0 Å². The highest BCUT2D eigenvalue weighted by Gasteiger charge is 2.18. The molecule has 2 heterocycles. The number of nitrogens with zero attached hydrogens (tertiary/aromatic N) is 2. The minimum absolute atomic E-state index is 0.0574. The number of thiophene rings is 1. The molecule has 144 valence electrons. The Balaban J connectivity index is 1.50. The first kappa shape index (κ1) is 18.9. The molecule has 2 aromatic heterocycles. The molecule has 1 amide bonds. The number of amides is 1. The first-order chi connectivity index (χ1) is 14.0. The molecule has 0 saturated heterocycles. The molecule has 0 bridgehead atoms. The third kappa shape index (κ3) is 3.75.